The van der Waals surface area contributed by atoms with Gasteiger partial charge >= 0.3 is 0 Å². The maximum absolute atomic E-state index is 11.1. The number of para-hydroxylation sites is 1. The van der Waals surface area contributed by atoms with Crippen molar-refractivity contribution in [2.75, 3.05) is 0 Å². The molecular formula is C13H13N3O. The van der Waals surface area contributed by atoms with Crippen LogP contribution in [0.5, 0.6) is 0 Å². The summed E-state index contributed by atoms with van der Waals surface area (Å²) in [4.78, 5) is 15.0. The molecule has 2 rings (SSSR count). The Hall–Kier alpha value is -2.23. The van der Waals surface area contributed by atoms with Gasteiger partial charge in [0, 0.05) is 12.6 Å². The fourth-order valence-corrected chi connectivity index (χ4v) is 1.37. The highest BCUT2D eigenvalue weighted by Gasteiger charge is 1.94. The highest BCUT2D eigenvalue weighted by Crippen LogP contribution is 2.02. The first-order valence-corrected chi connectivity index (χ1v) is 5.47. The van der Waals surface area contributed by atoms with Crippen LogP contribution in [0.4, 0.5) is 0 Å². The van der Waals surface area contributed by atoms with Gasteiger partial charge in [0.15, 0.2) is 0 Å². The van der Waals surface area contributed by atoms with Crippen molar-refractivity contribution in [2.24, 2.45) is 4.99 Å². The molecule has 0 aliphatic rings. The van der Waals surface area contributed by atoms with E-state index in [0.717, 1.165) is 5.69 Å². The Morgan fingerprint density at radius 2 is 2.06 bits per heavy atom. The zero-order valence-corrected chi connectivity index (χ0v) is 9.58. The second-order valence-corrected chi connectivity index (χ2v) is 3.52. The summed E-state index contributed by atoms with van der Waals surface area (Å²) in [5, 5.41) is 4.79. The molecule has 0 spiro atoms. The normalized spacial score (nSPS) is 11.5. The highest BCUT2D eigenvalue weighted by molar-refractivity contribution is 5.76. The number of amides is 1. The van der Waals surface area contributed by atoms with Crippen LogP contribution < -0.4 is 5.36 Å². The minimum Gasteiger partial charge on any atom is -0.273 e. The molecule has 1 amide bonds. The molecule has 0 saturated carbocycles. The summed E-state index contributed by atoms with van der Waals surface area (Å²) in [5.41, 5.74) is 0.973. The van der Waals surface area contributed by atoms with E-state index in [1.807, 2.05) is 30.3 Å². The molecule has 0 atom stereocenters. The standard InChI is InChI=1S/C13H13N3O/c1-2-13(17)15-11-8-9-16(14-10-11)12-6-4-3-5-7-12/h3-10H,2H2,1H3. The number of aromatic nitrogens is 2. The van der Waals surface area contributed by atoms with Crippen molar-refractivity contribution in [3.63, 3.8) is 0 Å². The van der Waals surface area contributed by atoms with Crippen LogP contribution in [0.1, 0.15) is 13.3 Å². The van der Waals surface area contributed by atoms with Gasteiger partial charge in [-0.05, 0) is 18.2 Å². The van der Waals surface area contributed by atoms with E-state index in [-0.39, 0.29) is 5.91 Å². The second kappa shape index (κ2) is 5.21. The highest BCUT2D eigenvalue weighted by atomic mass is 16.1. The van der Waals surface area contributed by atoms with Crippen LogP contribution >= 0.6 is 0 Å². The number of carbonyl (C=O) groups excluding carboxylic acids is 1. The lowest BCUT2D eigenvalue weighted by molar-refractivity contribution is -0.117. The lowest BCUT2D eigenvalue weighted by Crippen LogP contribution is -2.10. The summed E-state index contributed by atoms with van der Waals surface area (Å²) in [6, 6.07) is 11.5. The maximum Gasteiger partial charge on any atom is 0.245 e. The van der Waals surface area contributed by atoms with Gasteiger partial charge in [-0.25, -0.2) is 9.67 Å². The monoisotopic (exact) mass is 227 g/mol. The maximum atomic E-state index is 11.1. The van der Waals surface area contributed by atoms with Crippen LogP contribution in [-0.4, -0.2) is 15.7 Å². The van der Waals surface area contributed by atoms with Crippen molar-refractivity contribution < 1.29 is 4.79 Å². The number of hydrogen-bond donors (Lipinski definition) is 0. The zero-order valence-electron chi connectivity index (χ0n) is 9.58. The van der Waals surface area contributed by atoms with Gasteiger partial charge in [-0.1, -0.05) is 25.1 Å². The third-order valence-electron chi connectivity index (χ3n) is 2.28. The summed E-state index contributed by atoms with van der Waals surface area (Å²) in [5.74, 6) is -0.135. The van der Waals surface area contributed by atoms with E-state index >= 15 is 0 Å². The van der Waals surface area contributed by atoms with E-state index in [1.54, 1.807) is 30.1 Å². The fraction of sp³-hybridized carbons (Fsp3) is 0.154. The lowest BCUT2D eigenvalue weighted by Gasteiger charge is -2.03. The average molecular weight is 227 g/mol. The summed E-state index contributed by atoms with van der Waals surface area (Å²) in [7, 11) is 0. The first-order valence-electron chi connectivity index (χ1n) is 5.47. The molecule has 0 aliphatic carbocycles. The van der Waals surface area contributed by atoms with Crippen molar-refractivity contribution in [3.05, 3.63) is 54.1 Å². The molecule has 86 valence electrons. The SMILES string of the molecule is CCC(=O)N=c1ccn(-c2ccccc2)nc1. The number of rotatable bonds is 2. The predicted molar refractivity (Wildman–Crippen MR) is 64.4 cm³/mol. The summed E-state index contributed by atoms with van der Waals surface area (Å²) in [6.45, 7) is 1.78. The first-order chi connectivity index (χ1) is 8.29. The second-order valence-electron chi connectivity index (χ2n) is 3.52. The topological polar surface area (TPSA) is 47.2 Å². The molecule has 0 bridgehead atoms. The van der Waals surface area contributed by atoms with Gasteiger partial charge in [-0.3, -0.25) is 4.79 Å². The Balaban J connectivity index is 2.31. The van der Waals surface area contributed by atoms with Crippen molar-refractivity contribution >= 4 is 5.91 Å². The molecule has 2 aromatic rings. The van der Waals surface area contributed by atoms with Crippen LogP contribution in [0.2, 0.25) is 0 Å². The third kappa shape index (κ3) is 2.87. The van der Waals surface area contributed by atoms with Gasteiger partial charge in [0.25, 0.3) is 0 Å². The quantitative estimate of drug-likeness (QED) is 0.784. The smallest absolute Gasteiger partial charge is 0.245 e. The van der Waals surface area contributed by atoms with Crippen molar-refractivity contribution in [1.82, 2.24) is 9.78 Å². The summed E-state index contributed by atoms with van der Waals surface area (Å²) >= 11 is 0. The summed E-state index contributed by atoms with van der Waals surface area (Å²) < 4.78 is 1.73. The molecule has 0 unspecified atom stereocenters. The minimum absolute atomic E-state index is 0.135. The number of benzene rings is 1. The van der Waals surface area contributed by atoms with Gasteiger partial charge in [-0.2, -0.15) is 5.10 Å². The van der Waals surface area contributed by atoms with Gasteiger partial charge in [0.1, 0.15) is 0 Å². The van der Waals surface area contributed by atoms with Crippen molar-refractivity contribution in [2.45, 2.75) is 13.3 Å². The predicted octanol–water partition coefficient (Wildman–Crippen LogP) is 1.71. The van der Waals surface area contributed by atoms with E-state index < -0.39 is 0 Å². The Morgan fingerprint density at radius 3 is 2.65 bits per heavy atom. The Labute approximate surface area is 99.3 Å². The lowest BCUT2D eigenvalue weighted by atomic mass is 10.3. The first kappa shape index (κ1) is 11.3. The van der Waals surface area contributed by atoms with E-state index in [4.69, 9.17) is 0 Å². The molecule has 0 fully saturated rings. The van der Waals surface area contributed by atoms with E-state index in [0.29, 0.717) is 11.8 Å². The van der Waals surface area contributed by atoms with Gasteiger partial charge in [-0.15, -0.1) is 0 Å². The molecule has 1 aromatic carbocycles. The largest absolute Gasteiger partial charge is 0.273 e. The Morgan fingerprint density at radius 1 is 1.29 bits per heavy atom. The Kier molecular flexibility index (Phi) is 3.45. The molecule has 1 aromatic heterocycles. The molecule has 4 heteroatoms. The van der Waals surface area contributed by atoms with Crippen molar-refractivity contribution in [1.29, 1.82) is 0 Å². The van der Waals surface area contributed by atoms with E-state index in [1.165, 1.54) is 0 Å². The van der Waals surface area contributed by atoms with Crippen LogP contribution in [0.3, 0.4) is 0 Å². The van der Waals surface area contributed by atoms with E-state index in [2.05, 4.69) is 10.1 Å². The number of nitrogens with zero attached hydrogens (tertiary/aromatic N) is 3. The van der Waals surface area contributed by atoms with Gasteiger partial charge < -0.3 is 0 Å². The van der Waals surface area contributed by atoms with Crippen LogP contribution in [0, 0.1) is 0 Å². The molecule has 17 heavy (non-hydrogen) atoms. The van der Waals surface area contributed by atoms with Gasteiger partial charge in [0.05, 0.1) is 17.2 Å². The molecule has 0 aliphatic heterocycles. The molecule has 0 saturated heterocycles. The minimum atomic E-state index is -0.135. The zero-order chi connectivity index (χ0) is 12.1. The van der Waals surface area contributed by atoms with Crippen LogP contribution in [0.15, 0.2) is 53.8 Å². The molecular weight excluding hydrogens is 214 g/mol. The summed E-state index contributed by atoms with van der Waals surface area (Å²) in [6.07, 6.45) is 3.78. The van der Waals surface area contributed by atoms with E-state index in [9.17, 15) is 4.79 Å². The van der Waals surface area contributed by atoms with Crippen LogP contribution in [0.25, 0.3) is 5.69 Å². The molecule has 1 heterocycles. The average Bonchev–Trinajstić information content (AvgIpc) is 2.40. The molecule has 0 radical (unpaired) electrons. The Bertz CT molecular complexity index is 552. The van der Waals surface area contributed by atoms with Crippen LogP contribution in [-0.2, 0) is 4.79 Å². The van der Waals surface area contributed by atoms with Crippen molar-refractivity contribution in [3.8, 4) is 5.69 Å². The fourth-order valence-electron chi connectivity index (χ4n) is 1.37. The third-order valence-corrected chi connectivity index (χ3v) is 2.28. The number of carbonyl (C=O) groups is 1. The van der Waals surface area contributed by atoms with Gasteiger partial charge in [0.2, 0.25) is 5.91 Å². The molecule has 0 N–H and O–H groups in total. The number of hydrogen-bond acceptors (Lipinski definition) is 2. The molecule has 4 nitrogen and oxygen atoms in total.